The van der Waals surface area contributed by atoms with Gasteiger partial charge >= 0.3 is 0 Å². The van der Waals surface area contributed by atoms with E-state index in [0.29, 0.717) is 11.6 Å². The molecule has 2 heterocycles. The lowest BCUT2D eigenvalue weighted by Gasteiger charge is -2.33. The predicted molar refractivity (Wildman–Crippen MR) is 92.9 cm³/mol. The second-order valence-corrected chi connectivity index (χ2v) is 6.90. The first-order chi connectivity index (χ1) is 11.1. The maximum atomic E-state index is 12.6. The molecule has 2 fully saturated rings. The van der Waals surface area contributed by atoms with E-state index in [-0.39, 0.29) is 5.91 Å². The summed E-state index contributed by atoms with van der Waals surface area (Å²) in [7, 11) is 4.08. The summed E-state index contributed by atoms with van der Waals surface area (Å²) in [5.41, 5.74) is 0.705. The number of hydrogen-bond donors (Lipinski definition) is 0. The lowest BCUT2D eigenvalue weighted by atomic mass is 9.94. The molecule has 2 aliphatic rings. The van der Waals surface area contributed by atoms with Gasteiger partial charge in [0.15, 0.2) is 0 Å². The normalized spacial score (nSPS) is 20.5. The molecule has 0 spiro atoms. The zero-order valence-electron chi connectivity index (χ0n) is 14.4. The molecule has 1 aliphatic carbocycles. The number of carbonyl (C=O) groups is 1. The van der Waals surface area contributed by atoms with E-state index in [1.54, 1.807) is 6.20 Å². The molecule has 0 N–H and O–H groups in total. The van der Waals surface area contributed by atoms with Crippen molar-refractivity contribution < 1.29 is 4.79 Å². The number of pyridine rings is 1. The highest BCUT2D eigenvalue weighted by atomic mass is 16.2. The molecule has 0 radical (unpaired) electrons. The van der Waals surface area contributed by atoms with Gasteiger partial charge in [-0.25, -0.2) is 4.98 Å². The predicted octanol–water partition coefficient (Wildman–Crippen LogP) is 2.24. The van der Waals surface area contributed by atoms with Gasteiger partial charge in [-0.3, -0.25) is 4.79 Å². The van der Waals surface area contributed by atoms with Crippen LogP contribution in [0, 0.1) is 0 Å². The molecule has 1 aromatic rings. The highest BCUT2D eigenvalue weighted by Crippen LogP contribution is 2.23. The van der Waals surface area contributed by atoms with Crippen LogP contribution in [-0.2, 0) is 0 Å². The van der Waals surface area contributed by atoms with Crippen LogP contribution in [-0.4, -0.2) is 67.0 Å². The summed E-state index contributed by atoms with van der Waals surface area (Å²) in [4.78, 5) is 23.7. The second kappa shape index (κ2) is 7.30. The lowest BCUT2D eigenvalue weighted by Crippen LogP contribution is -2.44. The molecular weight excluding hydrogens is 288 g/mol. The number of rotatable bonds is 3. The number of aromatic nitrogens is 1. The van der Waals surface area contributed by atoms with Crippen molar-refractivity contribution >= 4 is 11.7 Å². The van der Waals surface area contributed by atoms with Gasteiger partial charge < -0.3 is 14.7 Å². The fourth-order valence-corrected chi connectivity index (χ4v) is 3.57. The first-order valence-corrected chi connectivity index (χ1v) is 8.82. The number of hydrogen-bond acceptors (Lipinski definition) is 4. The first-order valence-electron chi connectivity index (χ1n) is 8.82. The van der Waals surface area contributed by atoms with E-state index in [0.717, 1.165) is 44.8 Å². The summed E-state index contributed by atoms with van der Waals surface area (Å²) >= 11 is 0. The Bertz CT molecular complexity index is 516. The van der Waals surface area contributed by atoms with Gasteiger partial charge in [-0.15, -0.1) is 0 Å². The highest BCUT2D eigenvalue weighted by Gasteiger charge is 2.23. The first kappa shape index (κ1) is 16.2. The lowest BCUT2D eigenvalue weighted by molar-refractivity contribution is 0.0696. The zero-order chi connectivity index (χ0) is 16.2. The molecule has 1 aromatic heterocycles. The van der Waals surface area contributed by atoms with Crippen LogP contribution in [0.5, 0.6) is 0 Å². The molecule has 5 nitrogen and oxygen atoms in total. The van der Waals surface area contributed by atoms with Crippen LogP contribution < -0.4 is 4.90 Å². The number of carbonyl (C=O) groups excluding carboxylic acids is 1. The molecule has 0 aromatic carbocycles. The summed E-state index contributed by atoms with van der Waals surface area (Å²) < 4.78 is 0. The van der Waals surface area contributed by atoms with Crippen LogP contribution in [0.15, 0.2) is 18.3 Å². The van der Waals surface area contributed by atoms with E-state index in [1.165, 1.54) is 19.3 Å². The Morgan fingerprint density at radius 2 is 1.83 bits per heavy atom. The molecule has 0 unspecified atom stereocenters. The molecule has 1 saturated heterocycles. The van der Waals surface area contributed by atoms with E-state index >= 15 is 0 Å². The van der Waals surface area contributed by atoms with Crippen molar-refractivity contribution in [3.63, 3.8) is 0 Å². The number of anilines is 1. The van der Waals surface area contributed by atoms with Crippen molar-refractivity contribution in [2.45, 2.75) is 38.1 Å². The van der Waals surface area contributed by atoms with E-state index in [1.807, 2.05) is 24.1 Å². The minimum Gasteiger partial charge on any atom is -0.354 e. The summed E-state index contributed by atoms with van der Waals surface area (Å²) in [5.74, 6) is 1.09. The zero-order valence-corrected chi connectivity index (χ0v) is 14.4. The third-order valence-corrected chi connectivity index (χ3v) is 5.26. The molecule has 0 atom stereocenters. The molecule has 5 heteroatoms. The van der Waals surface area contributed by atoms with Crippen molar-refractivity contribution in [1.29, 1.82) is 0 Å². The van der Waals surface area contributed by atoms with E-state index in [2.05, 4.69) is 21.8 Å². The third kappa shape index (κ3) is 3.83. The van der Waals surface area contributed by atoms with Gasteiger partial charge in [-0.05, 0) is 32.0 Å². The van der Waals surface area contributed by atoms with Crippen molar-refractivity contribution in [2.24, 2.45) is 0 Å². The number of piperazine rings is 1. The summed E-state index contributed by atoms with van der Waals surface area (Å²) in [6.45, 7) is 4.12. The Morgan fingerprint density at radius 1 is 1.13 bits per heavy atom. The largest absolute Gasteiger partial charge is 0.354 e. The van der Waals surface area contributed by atoms with E-state index < -0.39 is 0 Å². The summed E-state index contributed by atoms with van der Waals surface area (Å²) in [6.07, 6.45) is 7.80. The monoisotopic (exact) mass is 316 g/mol. The van der Waals surface area contributed by atoms with Crippen LogP contribution in [0.3, 0.4) is 0 Å². The Morgan fingerprint density at radius 3 is 2.43 bits per heavy atom. The number of amides is 1. The van der Waals surface area contributed by atoms with Crippen molar-refractivity contribution in [3.8, 4) is 0 Å². The summed E-state index contributed by atoms with van der Waals surface area (Å²) in [6, 6.07) is 4.32. The minimum absolute atomic E-state index is 0.106. The van der Waals surface area contributed by atoms with Crippen LogP contribution in [0.1, 0.15) is 42.5 Å². The SMILES string of the molecule is CN1CCN(c2ccc(C(=O)N(C)C3CCCCC3)cn2)CC1. The maximum Gasteiger partial charge on any atom is 0.255 e. The van der Waals surface area contributed by atoms with Crippen LogP contribution in [0.25, 0.3) is 0 Å². The molecule has 1 saturated carbocycles. The Kier molecular flexibility index (Phi) is 5.16. The van der Waals surface area contributed by atoms with Crippen LogP contribution >= 0.6 is 0 Å². The smallest absolute Gasteiger partial charge is 0.255 e. The Hall–Kier alpha value is -1.62. The molecule has 3 rings (SSSR count). The fraction of sp³-hybridized carbons (Fsp3) is 0.667. The average molecular weight is 316 g/mol. The molecule has 1 amide bonds. The van der Waals surface area contributed by atoms with Gasteiger partial charge in [0.2, 0.25) is 0 Å². The van der Waals surface area contributed by atoms with E-state index in [9.17, 15) is 4.79 Å². The highest BCUT2D eigenvalue weighted by molar-refractivity contribution is 5.94. The third-order valence-electron chi connectivity index (χ3n) is 5.26. The average Bonchev–Trinajstić information content (AvgIpc) is 2.62. The second-order valence-electron chi connectivity index (χ2n) is 6.90. The topological polar surface area (TPSA) is 39.7 Å². The Balaban J connectivity index is 1.63. The molecule has 0 bridgehead atoms. The van der Waals surface area contributed by atoms with Crippen molar-refractivity contribution in [2.75, 3.05) is 45.2 Å². The van der Waals surface area contributed by atoms with Gasteiger partial charge in [0, 0.05) is 45.5 Å². The molecule has 23 heavy (non-hydrogen) atoms. The molecular formula is C18H28N4O. The Labute approximate surface area is 139 Å². The minimum atomic E-state index is 0.106. The number of nitrogens with zero attached hydrogens (tertiary/aromatic N) is 4. The van der Waals surface area contributed by atoms with Gasteiger partial charge in [0.25, 0.3) is 5.91 Å². The van der Waals surface area contributed by atoms with Gasteiger partial charge in [-0.2, -0.15) is 0 Å². The quantitative estimate of drug-likeness (QED) is 0.857. The molecule has 1 aliphatic heterocycles. The van der Waals surface area contributed by atoms with Crippen LogP contribution in [0.2, 0.25) is 0 Å². The van der Waals surface area contributed by atoms with Gasteiger partial charge in [-0.1, -0.05) is 19.3 Å². The van der Waals surface area contributed by atoms with E-state index in [4.69, 9.17) is 0 Å². The van der Waals surface area contributed by atoms with Crippen molar-refractivity contribution in [1.82, 2.24) is 14.8 Å². The fourth-order valence-electron chi connectivity index (χ4n) is 3.57. The number of likely N-dealkylation sites (N-methyl/N-ethyl adjacent to an activating group) is 1. The van der Waals surface area contributed by atoms with Crippen LogP contribution in [0.4, 0.5) is 5.82 Å². The molecule has 126 valence electrons. The maximum absolute atomic E-state index is 12.6. The van der Waals surface area contributed by atoms with Gasteiger partial charge in [0.1, 0.15) is 5.82 Å². The summed E-state index contributed by atoms with van der Waals surface area (Å²) in [5, 5.41) is 0. The van der Waals surface area contributed by atoms with Gasteiger partial charge in [0.05, 0.1) is 5.56 Å². The standard InChI is InChI=1S/C18H28N4O/c1-20-10-12-22(13-11-20)17-9-8-15(14-19-17)18(23)21(2)16-6-4-3-5-7-16/h8-9,14,16H,3-7,10-13H2,1-2H3. The van der Waals surface area contributed by atoms with Crippen molar-refractivity contribution in [3.05, 3.63) is 23.9 Å².